The Labute approximate surface area is 123 Å². The Morgan fingerprint density at radius 3 is 2.81 bits per heavy atom. The van der Waals surface area contributed by atoms with Gasteiger partial charge in [-0.2, -0.15) is 0 Å². The summed E-state index contributed by atoms with van der Waals surface area (Å²) in [7, 11) is 0. The van der Waals surface area contributed by atoms with Crippen molar-refractivity contribution in [1.29, 1.82) is 0 Å². The molecule has 1 aromatic heterocycles. The number of nitrogens with zero attached hydrogens (tertiary/aromatic N) is 2. The molecular formula is C16H17N3O2. The van der Waals surface area contributed by atoms with Crippen LogP contribution in [0.4, 0.5) is 11.4 Å². The zero-order valence-electron chi connectivity index (χ0n) is 11.8. The predicted octanol–water partition coefficient (Wildman–Crippen LogP) is 2.02. The van der Waals surface area contributed by atoms with Gasteiger partial charge in [0.15, 0.2) is 6.10 Å². The average Bonchev–Trinajstić information content (AvgIpc) is 2.49. The Kier molecular flexibility index (Phi) is 3.48. The molecule has 0 saturated heterocycles. The lowest BCUT2D eigenvalue weighted by Gasteiger charge is -2.33. The number of carbonyl (C=O) groups is 1. The van der Waals surface area contributed by atoms with Crippen LogP contribution in [0.2, 0.25) is 0 Å². The van der Waals surface area contributed by atoms with Gasteiger partial charge in [0, 0.05) is 30.7 Å². The van der Waals surface area contributed by atoms with E-state index in [1.54, 1.807) is 36.4 Å². The van der Waals surface area contributed by atoms with Gasteiger partial charge in [-0.25, -0.2) is 0 Å². The third-order valence-corrected chi connectivity index (χ3v) is 3.57. The minimum absolute atomic E-state index is 0.0265. The Morgan fingerprint density at radius 1 is 1.29 bits per heavy atom. The van der Waals surface area contributed by atoms with Crippen molar-refractivity contribution in [3.05, 3.63) is 48.3 Å². The third kappa shape index (κ3) is 2.67. The summed E-state index contributed by atoms with van der Waals surface area (Å²) in [6, 6.07) is 9.29. The summed E-state index contributed by atoms with van der Waals surface area (Å²) in [5, 5.41) is 0. The molecule has 0 saturated carbocycles. The van der Waals surface area contributed by atoms with Crippen molar-refractivity contribution < 1.29 is 9.53 Å². The molecule has 1 atom stereocenters. The van der Waals surface area contributed by atoms with Gasteiger partial charge in [0.1, 0.15) is 5.75 Å². The van der Waals surface area contributed by atoms with Gasteiger partial charge in [-0.15, -0.1) is 0 Å². The van der Waals surface area contributed by atoms with Crippen LogP contribution in [0.25, 0.3) is 0 Å². The number of nitrogen functional groups attached to an aromatic ring is 1. The van der Waals surface area contributed by atoms with Crippen LogP contribution in [0.3, 0.4) is 0 Å². The number of carbonyl (C=O) groups excluding carboxylic acids is 1. The minimum Gasteiger partial charge on any atom is -0.479 e. The van der Waals surface area contributed by atoms with Crippen LogP contribution in [0, 0.1) is 0 Å². The van der Waals surface area contributed by atoms with Crippen LogP contribution in [0.1, 0.15) is 12.5 Å². The first-order valence-corrected chi connectivity index (χ1v) is 6.91. The van der Waals surface area contributed by atoms with E-state index in [4.69, 9.17) is 10.5 Å². The maximum absolute atomic E-state index is 12.4. The molecule has 2 N–H and O–H groups in total. The molecular weight excluding hydrogens is 266 g/mol. The number of aromatic nitrogens is 1. The summed E-state index contributed by atoms with van der Waals surface area (Å²) in [6.45, 7) is 2.36. The van der Waals surface area contributed by atoms with Crippen LogP contribution in [-0.4, -0.2) is 23.5 Å². The number of ether oxygens (including phenoxy) is 1. The molecule has 0 aliphatic carbocycles. The summed E-state index contributed by atoms with van der Waals surface area (Å²) in [5.41, 5.74) is 8.34. The standard InChI is InChI=1S/C16H17N3O2/c1-11-16(20)19(9-6-12-4-7-18-8-5-12)14-3-2-13(17)10-15(14)21-11/h2-5,7-8,10-11H,6,9,17H2,1H3. The summed E-state index contributed by atoms with van der Waals surface area (Å²) in [4.78, 5) is 18.1. The molecule has 5 nitrogen and oxygen atoms in total. The molecule has 1 aliphatic heterocycles. The lowest BCUT2D eigenvalue weighted by molar-refractivity contribution is -0.125. The molecule has 2 heterocycles. The Hall–Kier alpha value is -2.56. The van der Waals surface area contributed by atoms with Crippen LogP contribution in [0.15, 0.2) is 42.7 Å². The molecule has 1 aromatic carbocycles. The topological polar surface area (TPSA) is 68.5 Å². The van der Waals surface area contributed by atoms with E-state index in [1.807, 2.05) is 18.2 Å². The van der Waals surface area contributed by atoms with Crippen molar-refractivity contribution in [3.8, 4) is 5.75 Å². The number of anilines is 2. The number of rotatable bonds is 3. The summed E-state index contributed by atoms with van der Waals surface area (Å²) >= 11 is 0. The van der Waals surface area contributed by atoms with Crippen molar-refractivity contribution in [1.82, 2.24) is 4.98 Å². The van der Waals surface area contributed by atoms with E-state index in [1.165, 1.54) is 0 Å². The van der Waals surface area contributed by atoms with Gasteiger partial charge in [0.25, 0.3) is 5.91 Å². The quantitative estimate of drug-likeness (QED) is 0.875. The van der Waals surface area contributed by atoms with Gasteiger partial charge in [0.05, 0.1) is 5.69 Å². The van der Waals surface area contributed by atoms with E-state index < -0.39 is 6.10 Å². The fourth-order valence-electron chi connectivity index (χ4n) is 2.45. The molecule has 0 radical (unpaired) electrons. The monoisotopic (exact) mass is 283 g/mol. The van der Waals surface area contributed by atoms with E-state index in [0.29, 0.717) is 18.0 Å². The number of hydrogen-bond acceptors (Lipinski definition) is 4. The third-order valence-electron chi connectivity index (χ3n) is 3.57. The highest BCUT2D eigenvalue weighted by atomic mass is 16.5. The van der Waals surface area contributed by atoms with Crippen molar-refractivity contribution in [3.63, 3.8) is 0 Å². The van der Waals surface area contributed by atoms with E-state index in [9.17, 15) is 4.79 Å². The molecule has 0 spiro atoms. The van der Waals surface area contributed by atoms with Crippen molar-refractivity contribution in [2.45, 2.75) is 19.4 Å². The smallest absolute Gasteiger partial charge is 0.267 e. The lowest BCUT2D eigenvalue weighted by atomic mass is 10.1. The molecule has 2 aromatic rings. The molecule has 3 rings (SSSR count). The van der Waals surface area contributed by atoms with Gasteiger partial charge in [0.2, 0.25) is 0 Å². The van der Waals surface area contributed by atoms with E-state index in [2.05, 4.69) is 4.98 Å². The van der Waals surface area contributed by atoms with Crippen LogP contribution in [0.5, 0.6) is 5.75 Å². The maximum atomic E-state index is 12.4. The first kappa shape index (κ1) is 13.4. The summed E-state index contributed by atoms with van der Waals surface area (Å²) < 4.78 is 5.63. The summed E-state index contributed by atoms with van der Waals surface area (Å²) in [6.07, 6.45) is 3.79. The average molecular weight is 283 g/mol. The number of nitrogens with two attached hydrogens (primary N) is 1. The van der Waals surface area contributed by atoms with E-state index in [-0.39, 0.29) is 5.91 Å². The predicted molar refractivity (Wildman–Crippen MR) is 81.2 cm³/mol. The highest BCUT2D eigenvalue weighted by molar-refractivity contribution is 6.00. The molecule has 1 unspecified atom stereocenters. The second-order valence-corrected chi connectivity index (χ2v) is 5.08. The Bertz CT molecular complexity index is 658. The lowest BCUT2D eigenvalue weighted by Crippen LogP contribution is -2.45. The van der Waals surface area contributed by atoms with Gasteiger partial charge in [-0.1, -0.05) is 0 Å². The Morgan fingerprint density at radius 2 is 2.05 bits per heavy atom. The van der Waals surface area contributed by atoms with Crippen LogP contribution in [-0.2, 0) is 11.2 Å². The summed E-state index contributed by atoms with van der Waals surface area (Å²) in [5.74, 6) is 0.637. The molecule has 0 bridgehead atoms. The Balaban J connectivity index is 1.85. The minimum atomic E-state index is -0.489. The fraction of sp³-hybridized carbons (Fsp3) is 0.250. The highest BCUT2D eigenvalue weighted by Gasteiger charge is 2.31. The zero-order chi connectivity index (χ0) is 14.8. The molecule has 1 amide bonds. The SMILES string of the molecule is CC1Oc2cc(N)ccc2N(CCc2ccncc2)C1=O. The number of pyridine rings is 1. The van der Waals surface area contributed by atoms with Gasteiger partial charge in [-0.05, 0) is 43.2 Å². The van der Waals surface area contributed by atoms with Crippen molar-refractivity contribution >= 4 is 17.3 Å². The van der Waals surface area contributed by atoms with E-state index in [0.717, 1.165) is 17.7 Å². The van der Waals surface area contributed by atoms with Gasteiger partial charge >= 0.3 is 0 Å². The second-order valence-electron chi connectivity index (χ2n) is 5.08. The van der Waals surface area contributed by atoms with Crippen LogP contribution >= 0.6 is 0 Å². The number of hydrogen-bond donors (Lipinski definition) is 1. The van der Waals surface area contributed by atoms with Gasteiger partial charge < -0.3 is 15.4 Å². The fourth-order valence-corrected chi connectivity index (χ4v) is 2.45. The zero-order valence-corrected chi connectivity index (χ0v) is 11.8. The van der Waals surface area contributed by atoms with Gasteiger partial charge in [-0.3, -0.25) is 9.78 Å². The first-order valence-electron chi connectivity index (χ1n) is 6.91. The number of amides is 1. The largest absolute Gasteiger partial charge is 0.479 e. The maximum Gasteiger partial charge on any atom is 0.267 e. The molecule has 1 aliphatic rings. The highest BCUT2D eigenvalue weighted by Crippen LogP contribution is 2.35. The van der Waals surface area contributed by atoms with Crippen molar-refractivity contribution in [2.24, 2.45) is 0 Å². The normalized spacial score (nSPS) is 17.3. The number of fused-ring (bicyclic) bond motifs is 1. The second kappa shape index (κ2) is 5.44. The number of benzene rings is 1. The molecule has 108 valence electrons. The molecule has 5 heteroatoms. The van der Waals surface area contributed by atoms with Crippen LogP contribution < -0.4 is 15.4 Å². The molecule has 0 fully saturated rings. The van der Waals surface area contributed by atoms with E-state index >= 15 is 0 Å². The first-order chi connectivity index (χ1) is 10.1. The van der Waals surface area contributed by atoms with Crippen molar-refractivity contribution in [2.75, 3.05) is 17.2 Å². The molecule has 21 heavy (non-hydrogen) atoms.